The van der Waals surface area contributed by atoms with E-state index in [9.17, 15) is 9.59 Å². The van der Waals surface area contributed by atoms with Gasteiger partial charge in [-0.05, 0) is 46.2 Å². The number of rotatable bonds is 2. The second-order valence-corrected chi connectivity index (χ2v) is 7.85. The van der Waals surface area contributed by atoms with Crippen molar-refractivity contribution in [2.75, 3.05) is 13.1 Å². The third-order valence-corrected chi connectivity index (χ3v) is 4.63. The quantitative estimate of drug-likeness (QED) is 0.825. The molecule has 26 heavy (non-hydrogen) atoms. The Labute approximate surface area is 153 Å². The SMILES string of the molecule is Cc1[nH]c2c(C(=O)O[C@H]3CCN(C(=O)OC(C)(C)C)C3)cccc2c1C. The Morgan fingerprint density at radius 1 is 1.23 bits per heavy atom. The van der Waals surface area contributed by atoms with Gasteiger partial charge in [0.1, 0.15) is 11.7 Å². The number of esters is 1. The van der Waals surface area contributed by atoms with Crippen molar-refractivity contribution in [3.63, 3.8) is 0 Å². The second kappa shape index (κ2) is 6.67. The molecule has 6 heteroatoms. The van der Waals surface area contributed by atoms with E-state index < -0.39 is 5.60 Å². The summed E-state index contributed by atoms with van der Waals surface area (Å²) in [6.45, 7) is 10.4. The first-order valence-corrected chi connectivity index (χ1v) is 8.92. The third-order valence-electron chi connectivity index (χ3n) is 4.63. The molecule has 0 aliphatic carbocycles. The van der Waals surface area contributed by atoms with Crippen LogP contribution in [-0.2, 0) is 9.47 Å². The highest BCUT2D eigenvalue weighted by atomic mass is 16.6. The minimum atomic E-state index is -0.537. The molecule has 1 amide bonds. The Bertz CT molecular complexity index is 847. The molecule has 3 rings (SSSR count). The van der Waals surface area contributed by atoms with Crippen LogP contribution >= 0.6 is 0 Å². The van der Waals surface area contributed by atoms with E-state index in [1.54, 1.807) is 11.0 Å². The second-order valence-electron chi connectivity index (χ2n) is 7.85. The summed E-state index contributed by atoms with van der Waals surface area (Å²) in [5.41, 5.74) is 2.96. The summed E-state index contributed by atoms with van der Waals surface area (Å²) >= 11 is 0. The number of carbonyl (C=O) groups is 2. The van der Waals surface area contributed by atoms with E-state index in [2.05, 4.69) is 4.98 Å². The fraction of sp³-hybridized carbons (Fsp3) is 0.500. The fourth-order valence-electron chi connectivity index (χ4n) is 3.18. The standard InChI is InChI=1S/C20H26N2O4/c1-12-13(2)21-17-15(12)7-6-8-16(17)18(23)25-14-9-10-22(11-14)19(24)26-20(3,4)5/h6-8,14,21H,9-11H2,1-5H3/t14-/m0/s1. The topological polar surface area (TPSA) is 71.6 Å². The number of aromatic amines is 1. The third kappa shape index (κ3) is 3.69. The molecule has 6 nitrogen and oxygen atoms in total. The molecule has 0 bridgehead atoms. The van der Waals surface area contributed by atoms with Crippen LogP contribution in [0.5, 0.6) is 0 Å². The van der Waals surface area contributed by atoms with Crippen molar-refractivity contribution in [2.45, 2.75) is 52.7 Å². The van der Waals surface area contributed by atoms with E-state index >= 15 is 0 Å². The molecule has 0 radical (unpaired) electrons. The fourth-order valence-corrected chi connectivity index (χ4v) is 3.18. The molecule has 2 aromatic rings. The van der Waals surface area contributed by atoms with Crippen molar-refractivity contribution in [1.29, 1.82) is 0 Å². The number of amides is 1. The number of nitrogens with zero attached hydrogens (tertiary/aromatic N) is 1. The Morgan fingerprint density at radius 3 is 2.65 bits per heavy atom. The minimum Gasteiger partial charge on any atom is -0.457 e. The van der Waals surface area contributed by atoms with Crippen LogP contribution in [0, 0.1) is 13.8 Å². The number of likely N-dealkylation sites (tertiary alicyclic amines) is 1. The molecule has 1 fully saturated rings. The van der Waals surface area contributed by atoms with Crippen molar-refractivity contribution < 1.29 is 19.1 Å². The number of fused-ring (bicyclic) bond motifs is 1. The largest absolute Gasteiger partial charge is 0.457 e. The summed E-state index contributed by atoms with van der Waals surface area (Å²) in [6.07, 6.45) is -0.0693. The van der Waals surface area contributed by atoms with Gasteiger partial charge in [0.15, 0.2) is 0 Å². The first-order chi connectivity index (χ1) is 12.2. The van der Waals surface area contributed by atoms with Crippen LogP contribution in [0.15, 0.2) is 18.2 Å². The molecular formula is C20H26N2O4. The summed E-state index contributed by atoms with van der Waals surface area (Å²) in [5, 5.41) is 1.03. The number of hydrogen-bond donors (Lipinski definition) is 1. The van der Waals surface area contributed by atoms with Gasteiger partial charge < -0.3 is 19.4 Å². The normalized spacial score (nSPS) is 17.6. The average Bonchev–Trinajstić information content (AvgIpc) is 3.11. The molecule has 1 aromatic carbocycles. The van der Waals surface area contributed by atoms with Gasteiger partial charge in [0, 0.05) is 24.0 Å². The summed E-state index contributed by atoms with van der Waals surface area (Å²) in [5.74, 6) is -0.368. The molecule has 0 spiro atoms. The van der Waals surface area contributed by atoms with Crippen molar-refractivity contribution in [3.8, 4) is 0 Å². The van der Waals surface area contributed by atoms with Crippen LogP contribution in [0.25, 0.3) is 10.9 Å². The number of nitrogens with one attached hydrogen (secondary N) is 1. The van der Waals surface area contributed by atoms with Crippen molar-refractivity contribution in [2.24, 2.45) is 0 Å². The zero-order valence-electron chi connectivity index (χ0n) is 16.0. The van der Waals surface area contributed by atoms with Gasteiger partial charge in [-0.3, -0.25) is 0 Å². The van der Waals surface area contributed by atoms with E-state index in [1.165, 1.54) is 0 Å². The zero-order valence-corrected chi connectivity index (χ0v) is 16.0. The highest BCUT2D eigenvalue weighted by molar-refractivity contribution is 6.04. The number of aryl methyl sites for hydroxylation is 2. The molecule has 1 aromatic heterocycles. The van der Waals surface area contributed by atoms with E-state index in [1.807, 2.05) is 46.8 Å². The minimum absolute atomic E-state index is 0.317. The lowest BCUT2D eigenvalue weighted by Gasteiger charge is -2.24. The van der Waals surface area contributed by atoms with E-state index in [4.69, 9.17) is 9.47 Å². The number of ether oxygens (including phenoxy) is 2. The van der Waals surface area contributed by atoms with Crippen LogP contribution in [0.1, 0.15) is 48.8 Å². The van der Waals surface area contributed by atoms with Gasteiger partial charge in [-0.2, -0.15) is 0 Å². The van der Waals surface area contributed by atoms with Crippen molar-refractivity contribution in [3.05, 3.63) is 35.0 Å². The smallest absolute Gasteiger partial charge is 0.410 e. The molecule has 0 saturated carbocycles. The molecular weight excluding hydrogens is 332 g/mol. The van der Waals surface area contributed by atoms with Gasteiger partial charge in [-0.1, -0.05) is 12.1 Å². The summed E-state index contributed by atoms with van der Waals surface area (Å²) in [7, 11) is 0. The summed E-state index contributed by atoms with van der Waals surface area (Å²) < 4.78 is 11.0. The first-order valence-electron chi connectivity index (χ1n) is 8.92. The molecule has 1 atom stereocenters. The average molecular weight is 358 g/mol. The summed E-state index contributed by atoms with van der Waals surface area (Å²) in [6, 6.07) is 5.62. The molecule has 0 unspecified atom stereocenters. The lowest BCUT2D eigenvalue weighted by Crippen LogP contribution is -2.36. The van der Waals surface area contributed by atoms with E-state index in [-0.39, 0.29) is 18.2 Å². The van der Waals surface area contributed by atoms with Gasteiger partial charge in [-0.25, -0.2) is 9.59 Å². The highest BCUT2D eigenvalue weighted by Gasteiger charge is 2.32. The maximum atomic E-state index is 12.7. The molecule has 1 N–H and O–H groups in total. The Morgan fingerprint density at radius 2 is 1.96 bits per heavy atom. The first kappa shape index (κ1) is 18.3. The number of carbonyl (C=O) groups excluding carboxylic acids is 2. The van der Waals surface area contributed by atoms with Gasteiger partial charge in [0.25, 0.3) is 0 Å². The molecule has 1 saturated heterocycles. The Balaban J connectivity index is 1.68. The summed E-state index contributed by atoms with van der Waals surface area (Å²) in [4.78, 5) is 29.7. The van der Waals surface area contributed by atoms with Gasteiger partial charge in [0.05, 0.1) is 17.6 Å². The van der Waals surface area contributed by atoms with Crippen molar-refractivity contribution in [1.82, 2.24) is 9.88 Å². The molecule has 140 valence electrons. The Hall–Kier alpha value is -2.50. The van der Waals surface area contributed by atoms with Crippen LogP contribution < -0.4 is 0 Å². The molecule has 1 aliphatic heterocycles. The number of H-pyrrole nitrogens is 1. The van der Waals surface area contributed by atoms with Crippen LogP contribution in [0.2, 0.25) is 0 Å². The van der Waals surface area contributed by atoms with E-state index in [0.717, 1.165) is 22.2 Å². The van der Waals surface area contributed by atoms with Crippen LogP contribution in [0.4, 0.5) is 4.79 Å². The van der Waals surface area contributed by atoms with Crippen LogP contribution in [-0.4, -0.2) is 46.7 Å². The zero-order chi connectivity index (χ0) is 19.1. The lowest BCUT2D eigenvalue weighted by molar-refractivity contribution is 0.0192. The number of para-hydroxylation sites is 1. The lowest BCUT2D eigenvalue weighted by atomic mass is 10.1. The monoisotopic (exact) mass is 358 g/mol. The van der Waals surface area contributed by atoms with Gasteiger partial charge in [-0.15, -0.1) is 0 Å². The maximum Gasteiger partial charge on any atom is 0.410 e. The number of aromatic nitrogens is 1. The predicted molar refractivity (Wildman–Crippen MR) is 99.4 cm³/mol. The van der Waals surface area contributed by atoms with Gasteiger partial charge in [0.2, 0.25) is 0 Å². The molecule has 1 aliphatic rings. The molecule has 2 heterocycles. The number of hydrogen-bond acceptors (Lipinski definition) is 4. The Kier molecular flexibility index (Phi) is 4.69. The van der Waals surface area contributed by atoms with Gasteiger partial charge >= 0.3 is 12.1 Å². The van der Waals surface area contributed by atoms with Crippen LogP contribution in [0.3, 0.4) is 0 Å². The maximum absolute atomic E-state index is 12.7. The number of benzene rings is 1. The van der Waals surface area contributed by atoms with Crippen molar-refractivity contribution >= 4 is 23.0 Å². The highest BCUT2D eigenvalue weighted by Crippen LogP contribution is 2.26. The van der Waals surface area contributed by atoms with E-state index in [0.29, 0.717) is 25.1 Å². The predicted octanol–water partition coefficient (Wildman–Crippen LogP) is 3.95.